The lowest BCUT2D eigenvalue weighted by Gasteiger charge is -2.10. The van der Waals surface area contributed by atoms with Crippen molar-refractivity contribution >= 4 is 0 Å². The predicted molar refractivity (Wildman–Crippen MR) is 41.6 cm³/mol. The van der Waals surface area contributed by atoms with E-state index in [0.717, 1.165) is 12.0 Å². The Kier molecular flexibility index (Phi) is 1.25. The van der Waals surface area contributed by atoms with E-state index in [1.807, 2.05) is 0 Å². The first-order valence-corrected chi connectivity index (χ1v) is 4.01. The minimum atomic E-state index is 0.747. The van der Waals surface area contributed by atoms with E-state index in [1.54, 1.807) is 0 Å². The lowest BCUT2D eigenvalue weighted by molar-refractivity contribution is 0.359. The highest BCUT2D eigenvalue weighted by Gasteiger charge is 2.47. The molecule has 1 aliphatic carbocycles. The molecule has 1 aliphatic heterocycles. The van der Waals surface area contributed by atoms with Gasteiger partial charge < -0.3 is 0 Å². The van der Waals surface area contributed by atoms with Crippen LogP contribution in [0.2, 0.25) is 0 Å². The highest BCUT2D eigenvalue weighted by atomic mass is 15.2. The fourth-order valence-corrected chi connectivity index (χ4v) is 1.88. The maximum absolute atomic E-state index is 5.23. The standard InChI is InChI=1S/C9H13N/c1-2-6-10-7-5-9(8-10)3-4-9/h1H,3-8H2. The largest absolute Gasteiger partial charge is 0.292 e. The molecule has 2 fully saturated rings. The zero-order chi connectivity index (χ0) is 7.03. The highest BCUT2D eigenvalue weighted by molar-refractivity contribution is 5.02. The molecule has 1 heterocycles. The molecular weight excluding hydrogens is 122 g/mol. The zero-order valence-corrected chi connectivity index (χ0v) is 6.27. The van der Waals surface area contributed by atoms with Crippen LogP contribution in [0.25, 0.3) is 0 Å². The lowest BCUT2D eigenvalue weighted by Crippen LogP contribution is -2.20. The van der Waals surface area contributed by atoms with Gasteiger partial charge in [-0.25, -0.2) is 0 Å². The molecule has 0 N–H and O–H groups in total. The van der Waals surface area contributed by atoms with Gasteiger partial charge in [0.15, 0.2) is 0 Å². The molecule has 1 saturated carbocycles. The number of rotatable bonds is 1. The molecule has 0 amide bonds. The summed E-state index contributed by atoms with van der Waals surface area (Å²) in [4.78, 5) is 2.40. The van der Waals surface area contributed by atoms with E-state index in [0.29, 0.717) is 0 Å². The van der Waals surface area contributed by atoms with E-state index in [-0.39, 0.29) is 0 Å². The Morgan fingerprint density at radius 3 is 2.70 bits per heavy atom. The molecule has 1 nitrogen and oxygen atoms in total. The molecule has 0 atom stereocenters. The Balaban J connectivity index is 1.89. The van der Waals surface area contributed by atoms with Crippen LogP contribution in [0.3, 0.4) is 0 Å². The quantitative estimate of drug-likeness (QED) is 0.487. The van der Waals surface area contributed by atoms with Crippen LogP contribution in [0.4, 0.5) is 0 Å². The third kappa shape index (κ3) is 0.932. The first kappa shape index (κ1) is 6.24. The molecular formula is C9H13N. The van der Waals surface area contributed by atoms with Crippen LogP contribution in [-0.2, 0) is 0 Å². The van der Waals surface area contributed by atoms with Crippen molar-refractivity contribution in [3.05, 3.63) is 0 Å². The third-order valence-electron chi connectivity index (χ3n) is 2.79. The molecule has 54 valence electrons. The second kappa shape index (κ2) is 2.00. The zero-order valence-electron chi connectivity index (χ0n) is 6.27. The van der Waals surface area contributed by atoms with Gasteiger partial charge >= 0.3 is 0 Å². The van der Waals surface area contributed by atoms with Gasteiger partial charge in [0.2, 0.25) is 0 Å². The maximum atomic E-state index is 5.23. The summed E-state index contributed by atoms with van der Waals surface area (Å²) in [7, 11) is 0. The van der Waals surface area contributed by atoms with Gasteiger partial charge in [-0.1, -0.05) is 5.92 Å². The van der Waals surface area contributed by atoms with Crippen LogP contribution in [0.5, 0.6) is 0 Å². The molecule has 0 aromatic rings. The van der Waals surface area contributed by atoms with E-state index in [9.17, 15) is 0 Å². The molecule has 1 spiro atoms. The van der Waals surface area contributed by atoms with Crippen molar-refractivity contribution < 1.29 is 0 Å². The third-order valence-corrected chi connectivity index (χ3v) is 2.79. The van der Waals surface area contributed by atoms with Gasteiger partial charge in [-0.05, 0) is 31.2 Å². The molecule has 0 radical (unpaired) electrons. The summed E-state index contributed by atoms with van der Waals surface area (Å²) in [5, 5.41) is 0. The van der Waals surface area contributed by atoms with Gasteiger partial charge in [0.1, 0.15) is 0 Å². The topological polar surface area (TPSA) is 3.24 Å². The summed E-state index contributed by atoms with van der Waals surface area (Å²) in [5.41, 5.74) is 0.747. The summed E-state index contributed by atoms with van der Waals surface area (Å²) in [6.45, 7) is 3.38. The second-order valence-electron chi connectivity index (χ2n) is 3.66. The Labute approximate surface area is 62.4 Å². The molecule has 0 aromatic heterocycles. The summed E-state index contributed by atoms with van der Waals surface area (Å²) in [6, 6.07) is 0. The Morgan fingerprint density at radius 1 is 1.40 bits per heavy atom. The van der Waals surface area contributed by atoms with Gasteiger partial charge in [0, 0.05) is 6.54 Å². The Morgan fingerprint density at radius 2 is 2.20 bits per heavy atom. The van der Waals surface area contributed by atoms with E-state index < -0.39 is 0 Å². The van der Waals surface area contributed by atoms with Crippen molar-refractivity contribution in [3.8, 4) is 12.3 Å². The van der Waals surface area contributed by atoms with Crippen LogP contribution >= 0.6 is 0 Å². The average Bonchev–Trinajstić information content (AvgIpc) is 2.52. The SMILES string of the molecule is C#CCN1CCC2(CC2)C1. The van der Waals surface area contributed by atoms with Crippen molar-refractivity contribution in [2.45, 2.75) is 19.3 Å². The Bertz CT molecular complexity index is 174. The van der Waals surface area contributed by atoms with E-state index in [2.05, 4.69) is 10.8 Å². The van der Waals surface area contributed by atoms with Crippen molar-refractivity contribution in [2.75, 3.05) is 19.6 Å². The van der Waals surface area contributed by atoms with E-state index in [4.69, 9.17) is 6.42 Å². The first-order valence-electron chi connectivity index (χ1n) is 4.01. The number of nitrogens with zero attached hydrogens (tertiary/aromatic N) is 1. The summed E-state index contributed by atoms with van der Waals surface area (Å²) < 4.78 is 0. The average molecular weight is 135 g/mol. The predicted octanol–water partition coefficient (Wildman–Crippen LogP) is 1.11. The summed E-state index contributed by atoms with van der Waals surface area (Å²) >= 11 is 0. The monoisotopic (exact) mass is 135 g/mol. The molecule has 0 bridgehead atoms. The van der Waals surface area contributed by atoms with Gasteiger partial charge in [0.05, 0.1) is 6.54 Å². The van der Waals surface area contributed by atoms with Crippen molar-refractivity contribution in [2.24, 2.45) is 5.41 Å². The molecule has 2 aliphatic rings. The van der Waals surface area contributed by atoms with Crippen molar-refractivity contribution in [3.63, 3.8) is 0 Å². The fourth-order valence-electron chi connectivity index (χ4n) is 1.88. The van der Waals surface area contributed by atoms with Crippen molar-refractivity contribution in [1.82, 2.24) is 4.90 Å². The van der Waals surface area contributed by atoms with Gasteiger partial charge in [0.25, 0.3) is 0 Å². The minimum absolute atomic E-state index is 0.747. The van der Waals surface area contributed by atoms with Crippen LogP contribution in [0.15, 0.2) is 0 Å². The first-order chi connectivity index (χ1) is 4.85. The molecule has 0 aromatic carbocycles. The minimum Gasteiger partial charge on any atom is -0.292 e. The number of hydrogen-bond donors (Lipinski definition) is 0. The molecule has 2 rings (SSSR count). The second-order valence-corrected chi connectivity index (χ2v) is 3.66. The normalized spacial score (nSPS) is 28.7. The number of hydrogen-bond acceptors (Lipinski definition) is 1. The summed E-state index contributed by atoms with van der Waals surface area (Å²) in [5.74, 6) is 2.70. The smallest absolute Gasteiger partial charge is 0.0599 e. The van der Waals surface area contributed by atoms with Crippen LogP contribution in [0.1, 0.15) is 19.3 Å². The van der Waals surface area contributed by atoms with Gasteiger partial charge in [-0.2, -0.15) is 0 Å². The van der Waals surface area contributed by atoms with Gasteiger partial charge in [-0.15, -0.1) is 6.42 Å². The van der Waals surface area contributed by atoms with E-state index >= 15 is 0 Å². The number of terminal acetylenes is 1. The van der Waals surface area contributed by atoms with Crippen LogP contribution in [0, 0.1) is 17.8 Å². The fraction of sp³-hybridized carbons (Fsp3) is 0.778. The highest BCUT2D eigenvalue weighted by Crippen LogP contribution is 2.52. The van der Waals surface area contributed by atoms with E-state index in [1.165, 1.54) is 32.4 Å². The molecule has 1 saturated heterocycles. The van der Waals surface area contributed by atoms with Gasteiger partial charge in [-0.3, -0.25) is 4.90 Å². The Hall–Kier alpha value is -0.480. The van der Waals surface area contributed by atoms with Crippen LogP contribution < -0.4 is 0 Å². The summed E-state index contributed by atoms with van der Waals surface area (Å²) in [6.07, 6.45) is 9.53. The lowest BCUT2D eigenvalue weighted by atomic mass is 10.1. The molecule has 10 heavy (non-hydrogen) atoms. The maximum Gasteiger partial charge on any atom is 0.0599 e. The molecule has 0 unspecified atom stereocenters. The molecule has 1 heteroatoms. The van der Waals surface area contributed by atoms with Crippen molar-refractivity contribution in [1.29, 1.82) is 0 Å². The number of likely N-dealkylation sites (tertiary alicyclic amines) is 1. The van der Waals surface area contributed by atoms with Crippen LogP contribution in [-0.4, -0.2) is 24.5 Å².